The summed E-state index contributed by atoms with van der Waals surface area (Å²) < 4.78 is 16.5. The van der Waals surface area contributed by atoms with Gasteiger partial charge in [0, 0.05) is 10.6 Å². The summed E-state index contributed by atoms with van der Waals surface area (Å²) in [5, 5.41) is 14.1. The van der Waals surface area contributed by atoms with Gasteiger partial charge >= 0.3 is 6.03 Å². The van der Waals surface area contributed by atoms with Gasteiger partial charge in [0.2, 0.25) is 0 Å². The molecule has 0 radical (unpaired) electrons. The normalized spacial score (nSPS) is 18.8. The Hall–Kier alpha value is -2.86. The van der Waals surface area contributed by atoms with Gasteiger partial charge in [0.15, 0.2) is 5.66 Å². The Kier molecular flexibility index (Phi) is 4.95. The Morgan fingerprint density at radius 1 is 1.27 bits per heavy atom. The van der Waals surface area contributed by atoms with Gasteiger partial charge in [0.1, 0.15) is 11.9 Å². The maximum absolute atomic E-state index is 13.7. The number of nitrogens with zero attached hydrogens (tertiary/aromatic N) is 1. The second-order valence-electron chi connectivity index (χ2n) is 5.83. The Balaban J connectivity index is 1.66. The number of aryl methyl sites for hydroxylation is 1. The van der Waals surface area contributed by atoms with Crippen molar-refractivity contribution in [1.82, 2.24) is 4.72 Å². The molecular weight excluding hydrogens is 353 g/mol. The van der Waals surface area contributed by atoms with E-state index in [1.807, 2.05) is 13.0 Å². The number of nitrogens with one attached hydrogen (secondary N) is 3. The van der Waals surface area contributed by atoms with Gasteiger partial charge in [-0.05, 0) is 60.3 Å². The molecule has 0 fully saturated rings. The third-order valence-electron chi connectivity index (χ3n) is 3.67. The lowest BCUT2D eigenvalue weighted by atomic mass is 10.1. The molecule has 0 aromatic heterocycles. The third kappa shape index (κ3) is 4.03. The zero-order valence-electron chi connectivity index (χ0n) is 13.8. The lowest BCUT2D eigenvalue weighted by Gasteiger charge is -2.10. The SMILES string of the molecule is Cc1ccc(F)c(NC(=O)Nc2ccc(C3=CC(N)(C#N)NS3)cc2)c1. The summed E-state index contributed by atoms with van der Waals surface area (Å²) >= 11 is 1.27. The van der Waals surface area contributed by atoms with E-state index < -0.39 is 17.5 Å². The van der Waals surface area contributed by atoms with Crippen LogP contribution in [0.15, 0.2) is 48.5 Å². The van der Waals surface area contributed by atoms with Gasteiger partial charge in [-0.3, -0.25) is 5.73 Å². The van der Waals surface area contributed by atoms with Gasteiger partial charge in [0.05, 0.1) is 5.69 Å². The molecule has 132 valence electrons. The lowest BCUT2D eigenvalue weighted by Crippen LogP contribution is -2.44. The van der Waals surface area contributed by atoms with Crippen LogP contribution in [0.25, 0.3) is 4.91 Å². The number of anilines is 2. The van der Waals surface area contributed by atoms with Crippen molar-refractivity contribution in [2.75, 3.05) is 10.6 Å². The first kappa shape index (κ1) is 17.9. The van der Waals surface area contributed by atoms with E-state index in [1.54, 1.807) is 42.5 Å². The minimum absolute atomic E-state index is 0.119. The highest BCUT2D eigenvalue weighted by Crippen LogP contribution is 2.33. The molecule has 2 amide bonds. The predicted octanol–water partition coefficient (Wildman–Crippen LogP) is 3.55. The number of hydrogen-bond donors (Lipinski definition) is 4. The van der Waals surface area contributed by atoms with E-state index in [0.29, 0.717) is 5.69 Å². The number of carbonyl (C=O) groups is 1. The number of carbonyl (C=O) groups excluding carboxylic acids is 1. The van der Waals surface area contributed by atoms with Crippen LogP contribution < -0.4 is 21.1 Å². The van der Waals surface area contributed by atoms with Gasteiger partial charge in [-0.25, -0.2) is 13.9 Å². The van der Waals surface area contributed by atoms with Crippen molar-refractivity contribution >= 4 is 34.3 Å². The van der Waals surface area contributed by atoms with Crippen molar-refractivity contribution in [1.29, 1.82) is 5.26 Å². The van der Waals surface area contributed by atoms with Crippen LogP contribution >= 0.6 is 11.9 Å². The minimum Gasteiger partial charge on any atom is -0.308 e. The van der Waals surface area contributed by atoms with Crippen LogP contribution in [-0.2, 0) is 0 Å². The zero-order valence-corrected chi connectivity index (χ0v) is 14.7. The Morgan fingerprint density at radius 2 is 2.00 bits per heavy atom. The molecule has 1 unspecified atom stereocenters. The van der Waals surface area contributed by atoms with Crippen LogP contribution in [0.1, 0.15) is 11.1 Å². The molecule has 0 saturated heterocycles. The number of benzene rings is 2. The molecule has 8 heteroatoms. The number of hydrogen-bond acceptors (Lipinski definition) is 5. The molecule has 2 aromatic carbocycles. The molecular formula is C18H16FN5OS. The second-order valence-corrected chi connectivity index (χ2v) is 6.68. The molecule has 1 aliphatic rings. The fraction of sp³-hybridized carbons (Fsp3) is 0.111. The molecule has 0 bridgehead atoms. The van der Waals surface area contributed by atoms with E-state index in [1.165, 1.54) is 18.0 Å². The number of amides is 2. The fourth-order valence-electron chi connectivity index (χ4n) is 2.34. The summed E-state index contributed by atoms with van der Waals surface area (Å²) in [5.74, 6) is -0.499. The first-order valence-corrected chi connectivity index (χ1v) is 8.52. The van der Waals surface area contributed by atoms with Crippen LogP contribution in [0, 0.1) is 24.1 Å². The largest absolute Gasteiger partial charge is 0.323 e. The van der Waals surface area contributed by atoms with Gasteiger partial charge in [0.25, 0.3) is 0 Å². The van der Waals surface area contributed by atoms with Crippen LogP contribution in [0.4, 0.5) is 20.6 Å². The number of nitrogens with two attached hydrogens (primary N) is 1. The molecule has 5 N–H and O–H groups in total. The number of urea groups is 1. The summed E-state index contributed by atoms with van der Waals surface area (Å²) in [6.07, 6.45) is 1.65. The molecule has 0 aliphatic carbocycles. The molecule has 0 spiro atoms. The van der Waals surface area contributed by atoms with E-state index in [-0.39, 0.29) is 5.69 Å². The average Bonchev–Trinajstić information content (AvgIpc) is 3.02. The highest BCUT2D eigenvalue weighted by Gasteiger charge is 2.29. The van der Waals surface area contributed by atoms with Crippen LogP contribution in [0.5, 0.6) is 0 Å². The van der Waals surface area contributed by atoms with Gasteiger partial charge in [-0.1, -0.05) is 18.2 Å². The van der Waals surface area contributed by atoms with Gasteiger partial charge < -0.3 is 10.6 Å². The van der Waals surface area contributed by atoms with E-state index in [0.717, 1.165) is 16.0 Å². The van der Waals surface area contributed by atoms with Crippen LogP contribution in [0.3, 0.4) is 0 Å². The number of nitriles is 1. The standard InChI is InChI=1S/C18H16FN5OS/c1-11-2-7-14(19)15(8-11)23-17(25)22-13-5-3-12(4-6-13)16-9-18(21,10-20)24-26-16/h2-9,24H,21H2,1H3,(H2,22,23,25). The first-order chi connectivity index (χ1) is 12.4. The number of rotatable bonds is 3. The van der Waals surface area contributed by atoms with Gasteiger partial charge in [-0.15, -0.1) is 0 Å². The third-order valence-corrected chi connectivity index (χ3v) is 4.68. The van der Waals surface area contributed by atoms with Crippen molar-refractivity contribution in [3.8, 4) is 6.07 Å². The molecule has 2 aromatic rings. The maximum Gasteiger partial charge on any atom is 0.323 e. The summed E-state index contributed by atoms with van der Waals surface area (Å²) in [4.78, 5) is 12.9. The van der Waals surface area contributed by atoms with E-state index in [4.69, 9.17) is 11.0 Å². The van der Waals surface area contributed by atoms with E-state index in [2.05, 4.69) is 15.4 Å². The Morgan fingerprint density at radius 3 is 2.65 bits per heavy atom. The average molecular weight is 369 g/mol. The fourth-order valence-corrected chi connectivity index (χ4v) is 3.22. The second kappa shape index (κ2) is 7.17. The van der Waals surface area contributed by atoms with Crippen LogP contribution in [-0.4, -0.2) is 11.7 Å². The van der Waals surface area contributed by atoms with Crippen molar-refractivity contribution in [2.24, 2.45) is 5.73 Å². The Labute approximate surface area is 154 Å². The smallest absolute Gasteiger partial charge is 0.308 e. The topological polar surface area (TPSA) is 103 Å². The monoisotopic (exact) mass is 369 g/mol. The van der Waals surface area contributed by atoms with Crippen molar-refractivity contribution in [3.05, 3.63) is 65.5 Å². The van der Waals surface area contributed by atoms with Crippen molar-refractivity contribution < 1.29 is 9.18 Å². The predicted molar refractivity (Wildman–Crippen MR) is 101 cm³/mol. The van der Waals surface area contributed by atoms with Gasteiger partial charge in [-0.2, -0.15) is 5.26 Å². The maximum atomic E-state index is 13.7. The number of halogens is 1. The molecule has 1 atom stereocenters. The zero-order chi connectivity index (χ0) is 18.7. The molecule has 0 saturated carbocycles. The quantitative estimate of drug-likeness (QED) is 0.620. The molecule has 1 heterocycles. The Bertz CT molecular complexity index is 922. The lowest BCUT2D eigenvalue weighted by molar-refractivity contribution is 0.262. The summed E-state index contributed by atoms with van der Waals surface area (Å²) in [6, 6.07) is 13.0. The summed E-state index contributed by atoms with van der Waals surface area (Å²) in [6.45, 7) is 1.81. The highest BCUT2D eigenvalue weighted by molar-refractivity contribution is 8.06. The molecule has 26 heavy (non-hydrogen) atoms. The molecule has 3 rings (SSSR count). The van der Waals surface area contributed by atoms with Crippen molar-refractivity contribution in [3.63, 3.8) is 0 Å². The van der Waals surface area contributed by atoms with Crippen LogP contribution in [0.2, 0.25) is 0 Å². The highest BCUT2D eigenvalue weighted by atomic mass is 32.2. The minimum atomic E-state index is -1.19. The summed E-state index contributed by atoms with van der Waals surface area (Å²) in [5.41, 5.74) is 7.00. The first-order valence-electron chi connectivity index (χ1n) is 7.70. The van der Waals surface area contributed by atoms with Crippen molar-refractivity contribution in [2.45, 2.75) is 12.6 Å². The molecule has 6 nitrogen and oxygen atoms in total. The summed E-state index contributed by atoms with van der Waals surface area (Å²) in [7, 11) is 0. The van der Waals surface area contributed by atoms with E-state index >= 15 is 0 Å². The molecule has 1 aliphatic heterocycles. The van der Waals surface area contributed by atoms with E-state index in [9.17, 15) is 9.18 Å².